The molecule has 158 valence electrons. The molecule has 1 aliphatic carbocycles. The third kappa shape index (κ3) is 2.67. The van der Waals surface area contributed by atoms with Crippen LogP contribution in [0.5, 0.6) is 0 Å². The molecule has 2 heteroatoms. The van der Waals surface area contributed by atoms with Crippen LogP contribution in [0.1, 0.15) is 17.7 Å². The topological polar surface area (TPSA) is 9.86 Å². The highest BCUT2D eigenvalue weighted by Gasteiger charge is 2.17. The summed E-state index contributed by atoms with van der Waals surface area (Å²) in [6.07, 6.45) is 6.82. The maximum atomic E-state index is 2.39. The summed E-state index contributed by atoms with van der Waals surface area (Å²) >= 11 is 0. The summed E-state index contributed by atoms with van der Waals surface area (Å²) in [4.78, 5) is 0. The number of rotatable bonds is 2. The highest BCUT2D eigenvalue weighted by molar-refractivity contribution is 6.10. The third-order valence-corrected chi connectivity index (χ3v) is 7.21. The lowest BCUT2D eigenvalue weighted by molar-refractivity contribution is 0.908. The second kappa shape index (κ2) is 6.98. The molecule has 2 aromatic heterocycles. The summed E-state index contributed by atoms with van der Waals surface area (Å²) in [5.41, 5.74) is 10.4. The van der Waals surface area contributed by atoms with Gasteiger partial charge in [-0.1, -0.05) is 54.6 Å². The molecule has 2 nitrogen and oxygen atoms in total. The number of fused-ring (bicyclic) bond motifs is 6. The monoisotopic (exact) mass is 424 g/mol. The second-order valence-corrected chi connectivity index (χ2v) is 9.02. The second-order valence-electron chi connectivity index (χ2n) is 9.02. The van der Waals surface area contributed by atoms with Crippen molar-refractivity contribution in [1.29, 1.82) is 0 Å². The van der Waals surface area contributed by atoms with Crippen molar-refractivity contribution >= 4 is 38.8 Å². The van der Waals surface area contributed by atoms with Gasteiger partial charge in [-0.3, -0.25) is 0 Å². The Kier molecular flexibility index (Phi) is 3.92. The standard InChI is InChI=1S/C31H24N2/c1-32-28-13-7-5-11-24(28)26-19-21(15-17-29(26)32)22-16-18-31-27(20-22)25-12-6-8-14-30(25)33(31)23-9-3-2-4-10-23/h2-4,6-10,12-20H,5,11H2,1H3. The molecule has 1 aliphatic rings. The van der Waals surface area contributed by atoms with Crippen LogP contribution >= 0.6 is 0 Å². The predicted octanol–water partition coefficient (Wildman–Crippen LogP) is 7.90. The molecule has 0 saturated heterocycles. The van der Waals surface area contributed by atoms with E-state index in [0.29, 0.717) is 0 Å². The van der Waals surface area contributed by atoms with Crippen LogP contribution in [0.2, 0.25) is 0 Å². The number of nitrogens with zero attached hydrogens (tertiary/aromatic N) is 2. The van der Waals surface area contributed by atoms with Gasteiger partial charge in [-0.15, -0.1) is 0 Å². The number of hydrogen-bond acceptors (Lipinski definition) is 0. The Morgan fingerprint density at radius 1 is 0.636 bits per heavy atom. The van der Waals surface area contributed by atoms with Gasteiger partial charge in [0.05, 0.1) is 11.0 Å². The molecule has 0 bridgehead atoms. The highest BCUT2D eigenvalue weighted by atomic mass is 15.0. The van der Waals surface area contributed by atoms with Gasteiger partial charge in [0.15, 0.2) is 0 Å². The zero-order chi connectivity index (χ0) is 21.9. The van der Waals surface area contributed by atoms with Crippen molar-refractivity contribution in [3.05, 3.63) is 108 Å². The molecule has 0 atom stereocenters. The summed E-state index contributed by atoms with van der Waals surface area (Å²) < 4.78 is 4.71. The van der Waals surface area contributed by atoms with Crippen LogP contribution in [0.4, 0.5) is 0 Å². The van der Waals surface area contributed by atoms with E-state index in [2.05, 4.69) is 119 Å². The van der Waals surface area contributed by atoms with Crippen molar-refractivity contribution in [3.8, 4) is 16.8 Å². The number of hydrogen-bond donors (Lipinski definition) is 0. The maximum Gasteiger partial charge on any atom is 0.0541 e. The van der Waals surface area contributed by atoms with E-state index < -0.39 is 0 Å². The Morgan fingerprint density at radius 3 is 2.18 bits per heavy atom. The first-order valence-electron chi connectivity index (χ1n) is 11.7. The van der Waals surface area contributed by atoms with E-state index in [4.69, 9.17) is 0 Å². The van der Waals surface area contributed by atoms with E-state index in [1.807, 2.05) is 0 Å². The first-order chi connectivity index (χ1) is 16.3. The third-order valence-electron chi connectivity index (χ3n) is 7.21. The van der Waals surface area contributed by atoms with Crippen molar-refractivity contribution < 1.29 is 0 Å². The maximum absolute atomic E-state index is 2.39. The summed E-state index contributed by atoms with van der Waals surface area (Å²) in [7, 11) is 2.18. The Balaban J connectivity index is 1.47. The Bertz CT molecular complexity index is 1710. The Hall–Kier alpha value is -4.04. The number of aromatic nitrogens is 2. The normalized spacial score (nSPS) is 13.2. The molecule has 6 aromatic rings. The molecular formula is C31H24N2. The molecular weight excluding hydrogens is 400 g/mol. The van der Waals surface area contributed by atoms with Crippen molar-refractivity contribution in [3.63, 3.8) is 0 Å². The molecule has 4 aromatic carbocycles. The quantitative estimate of drug-likeness (QED) is 0.267. The van der Waals surface area contributed by atoms with E-state index in [1.54, 1.807) is 0 Å². The van der Waals surface area contributed by atoms with Gasteiger partial charge in [0.2, 0.25) is 0 Å². The molecule has 0 saturated carbocycles. The number of allylic oxidation sites excluding steroid dienone is 1. The summed E-state index contributed by atoms with van der Waals surface area (Å²) in [6, 6.07) is 33.3. The van der Waals surface area contributed by atoms with Crippen LogP contribution < -0.4 is 0 Å². The van der Waals surface area contributed by atoms with Crippen LogP contribution in [-0.2, 0) is 13.5 Å². The van der Waals surface area contributed by atoms with E-state index in [1.165, 1.54) is 60.8 Å². The number of benzene rings is 4. The average molecular weight is 425 g/mol. The molecule has 0 fully saturated rings. The van der Waals surface area contributed by atoms with Crippen LogP contribution in [0.15, 0.2) is 97.1 Å². The largest absolute Gasteiger partial charge is 0.344 e. The summed E-state index contributed by atoms with van der Waals surface area (Å²) in [6.45, 7) is 0. The Morgan fingerprint density at radius 2 is 1.33 bits per heavy atom. The lowest BCUT2D eigenvalue weighted by atomic mass is 9.97. The fourth-order valence-electron chi connectivity index (χ4n) is 5.63. The van der Waals surface area contributed by atoms with Crippen LogP contribution in [0.3, 0.4) is 0 Å². The van der Waals surface area contributed by atoms with Gasteiger partial charge < -0.3 is 9.13 Å². The first-order valence-corrected chi connectivity index (χ1v) is 11.7. The van der Waals surface area contributed by atoms with Crippen molar-refractivity contribution in [2.45, 2.75) is 12.8 Å². The molecule has 0 spiro atoms. The smallest absolute Gasteiger partial charge is 0.0541 e. The van der Waals surface area contributed by atoms with Gasteiger partial charge >= 0.3 is 0 Å². The summed E-state index contributed by atoms with van der Waals surface area (Å²) in [5.74, 6) is 0. The zero-order valence-electron chi connectivity index (χ0n) is 18.6. The van der Waals surface area contributed by atoms with E-state index in [-0.39, 0.29) is 0 Å². The number of aryl methyl sites for hydroxylation is 2. The molecule has 0 N–H and O–H groups in total. The van der Waals surface area contributed by atoms with Crippen molar-refractivity contribution in [2.75, 3.05) is 0 Å². The van der Waals surface area contributed by atoms with Crippen molar-refractivity contribution in [2.24, 2.45) is 7.05 Å². The van der Waals surface area contributed by atoms with E-state index >= 15 is 0 Å². The molecule has 0 aliphatic heterocycles. The minimum absolute atomic E-state index is 1.12. The fourth-order valence-corrected chi connectivity index (χ4v) is 5.63. The molecule has 0 unspecified atom stereocenters. The van der Waals surface area contributed by atoms with Gasteiger partial charge in [-0.25, -0.2) is 0 Å². The van der Waals surface area contributed by atoms with Gasteiger partial charge in [0.1, 0.15) is 0 Å². The van der Waals surface area contributed by atoms with Gasteiger partial charge in [0, 0.05) is 40.1 Å². The van der Waals surface area contributed by atoms with Crippen LogP contribution in [0.25, 0.3) is 55.6 Å². The molecule has 33 heavy (non-hydrogen) atoms. The van der Waals surface area contributed by atoms with Gasteiger partial charge in [0.25, 0.3) is 0 Å². The fraction of sp³-hybridized carbons (Fsp3) is 0.0968. The summed E-state index contributed by atoms with van der Waals surface area (Å²) in [5, 5.41) is 3.98. The molecule has 7 rings (SSSR count). The van der Waals surface area contributed by atoms with E-state index in [0.717, 1.165) is 12.8 Å². The Labute approximate surface area is 193 Å². The minimum atomic E-state index is 1.12. The predicted molar refractivity (Wildman–Crippen MR) is 140 cm³/mol. The average Bonchev–Trinajstić information content (AvgIpc) is 3.36. The molecule has 0 radical (unpaired) electrons. The van der Waals surface area contributed by atoms with Gasteiger partial charge in [-0.05, 0) is 78.1 Å². The molecule has 2 heterocycles. The van der Waals surface area contributed by atoms with E-state index in [9.17, 15) is 0 Å². The highest BCUT2D eigenvalue weighted by Crippen LogP contribution is 2.37. The zero-order valence-corrected chi connectivity index (χ0v) is 18.6. The lowest BCUT2D eigenvalue weighted by Gasteiger charge is -2.08. The first kappa shape index (κ1) is 18.5. The van der Waals surface area contributed by atoms with Crippen LogP contribution in [0, 0.1) is 0 Å². The van der Waals surface area contributed by atoms with Crippen LogP contribution in [-0.4, -0.2) is 9.13 Å². The SMILES string of the molecule is Cn1c2c(c3cc(-c4ccc5c(c4)c4ccccc4n5-c4ccccc4)ccc31)CCC=C2. The number of para-hydroxylation sites is 2. The lowest BCUT2D eigenvalue weighted by Crippen LogP contribution is -1.96. The molecule has 0 amide bonds. The van der Waals surface area contributed by atoms with Crippen molar-refractivity contribution in [1.82, 2.24) is 9.13 Å². The minimum Gasteiger partial charge on any atom is -0.344 e. The van der Waals surface area contributed by atoms with Gasteiger partial charge in [-0.2, -0.15) is 0 Å².